The minimum Gasteiger partial charge on any atom is -0.338 e. The average Bonchev–Trinajstić information content (AvgIpc) is 3.22. The van der Waals surface area contributed by atoms with Gasteiger partial charge in [0.05, 0.1) is 11.4 Å². The van der Waals surface area contributed by atoms with E-state index >= 15 is 0 Å². The minimum absolute atomic E-state index is 0. The van der Waals surface area contributed by atoms with Crippen molar-refractivity contribution in [1.29, 1.82) is 0 Å². The van der Waals surface area contributed by atoms with Crippen LogP contribution in [0.15, 0.2) is 22.0 Å². The molecule has 2 aromatic rings. The van der Waals surface area contributed by atoms with Crippen LogP contribution in [0.1, 0.15) is 38.0 Å². The highest BCUT2D eigenvalue weighted by Gasteiger charge is 2.40. The molecule has 0 aromatic carbocycles. The van der Waals surface area contributed by atoms with E-state index in [0.717, 1.165) is 42.8 Å². The fourth-order valence-corrected chi connectivity index (χ4v) is 4.47. The fourth-order valence-electron chi connectivity index (χ4n) is 3.82. The van der Waals surface area contributed by atoms with Crippen LogP contribution in [-0.2, 0) is 6.54 Å². The summed E-state index contributed by atoms with van der Waals surface area (Å²) in [5.74, 6) is 1.47. The third kappa shape index (κ3) is 3.45. The Morgan fingerprint density at radius 1 is 1.30 bits per heavy atom. The summed E-state index contributed by atoms with van der Waals surface area (Å²) >= 11 is 1.65. The van der Waals surface area contributed by atoms with Crippen molar-refractivity contribution in [2.75, 3.05) is 19.6 Å². The van der Waals surface area contributed by atoms with Gasteiger partial charge in [0.2, 0.25) is 11.7 Å². The molecule has 0 unspecified atom stereocenters. The monoisotopic (exact) mass is 354 g/mol. The quantitative estimate of drug-likeness (QED) is 0.916. The van der Waals surface area contributed by atoms with Gasteiger partial charge in [-0.2, -0.15) is 4.98 Å². The zero-order chi connectivity index (χ0) is 14.8. The Kier molecular flexibility index (Phi) is 5.36. The van der Waals surface area contributed by atoms with Crippen LogP contribution in [0.5, 0.6) is 0 Å². The minimum atomic E-state index is 0. The SMILES string of the molecule is Cl.c1csc(-c2noc(CN3CCNCC34CCCCC4)n2)c1. The lowest BCUT2D eigenvalue weighted by atomic mass is 9.79. The van der Waals surface area contributed by atoms with E-state index in [4.69, 9.17) is 4.52 Å². The maximum Gasteiger partial charge on any atom is 0.241 e. The number of nitrogens with one attached hydrogen (secondary N) is 1. The summed E-state index contributed by atoms with van der Waals surface area (Å²) in [6, 6.07) is 4.05. The number of piperazine rings is 1. The Labute approximate surface area is 146 Å². The average molecular weight is 355 g/mol. The molecule has 0 bridgehead atoms. The van der Waals surface area contributed by atoms with Crippen LogP contribution in [0.4, 0.5) is 0 Å². The van der Waals surface area contributed by atoms with Crippen molar-refractivity contribution >= 4 is 23.7 Å². The van der Waals surface area contributed by atoms with Gasteiger partial charge in [0.25, 0.3) is 0 Å². The highest BCUT2D eigenvalue weighted by molar-refractivity contribution is 7.13. The van der Waals surface area contributed by atoms with Crippen LogP contribution in [0.2, 0.25) is 0 Å². The van der Waals surface area contributed by atoms with E-state index < -0.39 is 0 Å². The Morgan fingerprint density at radius 2 is 2.17 bits per heavy atom. The van der Waals surface area contributed by atoms with E-state index in [0.29, 0.717) is 5.54 Å². The predicted molar refractivity (Wildman–Crippen MR) is 94.0 cm³/mol. The van der Waals surface area contributed by atoms with Gasteiger partial charge < -0.3 is 9.84 Å². The molecule has 23 heavy (non-hydrogen) atoms. The first-order valence-electron chi connectivity index (χ1n) is 8.18. The zero-order valence-electron chi connectivity index (χ0n) is 13.2. The third-order valence-corrected chi connectivity index (χ3v) is 5.87. The highest BCUT2D eigenvalue weighted by atomic mass is 35.5. The number of hydrogen-bond acceptors (Lipinski definition) is 6. The molecule has 0 amide bonds. The molecule has 0 radical (unpaired) electrons. The van der Waals surface area contributed by atoms with Gasteiger partial charge in [-0.1, -0.05) is 30.5 Å². The van der Waals surface area contributed by atoms with Crippen LogP contribution >= 0.6 is 23.7 Å². The van der Waals surface area contributed by atoms with Gasteiger partial charge in [0.1, 0.15) is 0 Å². The molecule has 1 saturated carbocycles. The van der Waals surface area contributed by atoms with Gasteiger partial charge in [0.15, 0.2) is 0 Å². The smallest absolute Gasteiger partial charge is 0.241 e. The van der Waals surface area contributed by atoms with Crippen LogP contribution < -0.4 is 5.32 Å². The molecule has 1 saturated heterocycles. The lowest BCUT2D eigenvalue weighted by Gasteiger charge is -2.49. The first-order valence-corrected chi connectivity index (χ1v) is 9.06. The van der Waals surface area contributed by atoms with Crippen molar-refractivity contribution < 1.29 is 4.52 Å². The largest absolute Gasteiger partial charge is 0.338 e. The summed E-state index contributed by atoms with van der Waals surface area (Å²) in [5.41, 5.74) is 0.300. The van der Waals surface area contributed by atoms with E-state index in [1.54, 1.807) is 11.3 Å². The lowest BCUT2D eigenvalue weighted by Crippen LogP contribution is -2.61. The van der Waals surface area contributed by atoms with Crippen LogP contribution in [0.25, 0.3) is 10.7 Å². The van der Waals surface area contributed by atoms with Gasteiger partial charge >= 0.3 is 0 Å². The zero-order valence-corrected chi connectivity index (χ0v) is 14.8. The van der Waals surface area contributed by atoms with Crippen molar-refractivity contribution in [3.8, 4) is 10.7 Å². The van der Waals surface area contributed by atoms with Crippen molar-refractivity contribution in [2.24, 2.45) is 0 Å². The molecule has 2 aliphatic rings. The van der Waals surface area contributed by atoms with E-state index in [2.05, 4.69) is 20.4 Å². The lowest BCUT2D eigenvalue weighted by molar-refractivity contribution is 0.0135. The second kappa shape index (κ2) is 7.30. The molecule has 1 N–H and O–H groups in total. The number of nitrogens with zero attached hydrogens (tertiary/aromatic N) is 3. The Morgan fingerprint density at radius 3 is 2.96 bits per heavy atom. The van der Waals surface area contributed by atoms with Crippen LogP contribution in [0.3, 0.4) is 0 Å². The van der Waals surface area contributed by atoms with E-state index in [9.17, 15) is 0 Å². The van der Waals surface area contributed by atoms with E-state index in [-0.39, 0.29) is 12.4 Å². The molecule has 3 heterocycles. The van der Waals surface area contributed by atoms with Gasteiger partial charge in [-0.05, 0) is 24.3 Å². The van der Waals surface area contributed by atoms with Gasteiger partial charge in [0, 0.05) is 25.2 Å². The summed E-state index contributed by atoms with van der Waals surface area (Å²) in [7, 11) is 0. The normalized spacial score (nSPS) is 21.2. The molecule has 1 aliphatic heterocycles. The van der Waals surface area contributed by atoms with E-state index in [1.807, 2.05) is 17.5 Å². The summed E-state index contributed by atoms with van der Waals surface area (Å²) in [6.07, 6.45) is 6.61. The predicted octanol–water partition coefficient (Wildman–Crippen LogP) is 3.33. The molecular weight excluding hydrogens is 332 g/mol. The maximum atomic E-state index is 5.51. The first-order chi connectivity index (χ1) is 10.9. The topological polar surface area (TPSA) is 54.2 Å². The van der Waals surface area contributed by atoms with Crippen molar-refractivity contribution in [2.45, 2.75) is 44.2 Å². The maximum absolute atomic E-state index is 5.51. The second-order valence-electron chi connectivity index (χ2n) is 6.37. The Bertz CT molecular complexity index is 601. The molecule has 1 aliphatic carbocycles. The molecular formula is C16H23ClN4OS. The van der Waals surface area contributed by atoms with Gasteiger partial charge in [-0.15, -0.1) is 23.7 Å². The number of rotatable bonds is 3. The molecule has 2 fully saturated rings. The number of thiophene rings is 1. The summed E-state index contributed by atoms with van der Waals surface area (Å²) in [6.45, 7) is 3.99. The molecule has 5 nitrogen and oxygen atoms in total. The Hall–Kier alpha value is -0.950. The number of hydrogen-bond donors (Lipinski definition) is 1. The van der Waals surface area contributed by atoms with Crippen molar-refractivity contribution in [3.63, 3.8) is 0 Å². The molecule has 7 heteroatoms. The van der Waals surface area contributed by atoms with Crippen LogP contribution in [0, 0.1) is 0 Å². The number of aromatic nitrogens is 2. The molecule has 1 spiro atoms. The fraction of sp³-hybridized carbons (Fsp3) is 0.625. The van der Waals surface area contributed by atoms with Crippen molar-refractivity contribution in [1.82, 2.24) is 20.4 Å². The van der Waals surface area contributed by atoms with E-state index in [1.165, 1.54) is 32.1 Å². The highest BCUT2D eigenvalue weighted by Crippen LogP contribution is 2.35. The molecule has 126 valence electrons. The third-order valence-electron chi connectivity index (χ3n) is 5.00. The van der Waals surface area contributed by atoms with Crippen molar-refractivity contribution in [3.05, 3.63) is 23.4 Å². The Balaban J connectivity index is 0.00000156. The van der Waals surface area contributed by atoms with Crippen LogP contribution in [-0.4, -0.2) is 40.2 Å². The summed E-state index contributed by atoms with van der Waals surface area (Å²) < 4.78 is 5.51. The second-order valence-corrected chi connectivity index (χ2v) is 7.32. The van der Waals surface area contributed by atoms with Gasteiger partial charge in [-0.3, -0.25) is 4.90 Å². The standard InChI is InChI=1S/C16H22N4OS.ClH/c1-2-6-16(7-3-1)12-17-8-9-20(16)11-14-18-15(19-21-14)13-5-4-10-22-13;/h4-5,10,17H,1-3,6-9,11-12H2;1H. The molecule has 0 atom stereocenters. The number of halogens is 1. The van der Waals surface area contributed by atoms with Gasteiger partial charge in [-0.25, -0.2) is 0 Å². The molecule has 4 rings (SSSR count). The summed E-state index contributed by atoms with van der Waals surface area (Å²) in [5, 5.41) is 9.76. The first kappa shape index (κ1) is 16.9. The molecule has 2 aromatic heterocycles. The summed E-state index contributed by atoms with van der Waals surface area (Å²) in [4.78, 5) is 8.25.